The molecule has 2 rings (SSSR count). The molecule has 8 N–H and O–H groups in total. The summed E-state index contributed by atoms with van der Waals surface area (Å²) in [7, 11) is -16.6. The van der Waals surface area contributed by atoms with Gasteiger partial charge in [0.25, 0.3) is 0 Å². The molecule has 2 heterocycles. The minimum absolute atomic E-state index is 0.0959. The third kappa shape index (κ3) is 7.18. The van der Waals surface area contributed by atoms with Crippen molar-refractivity contribution in [2.24, 2.45) is 0 Å². The van der Waals surface area contributed by atoms with E-state index in [1.54, 1.807) is 0 Å². The summed E-state index contributed by atoms with van der Waals surface area (Å²) in [5.41, 5.74) is 0.209. The molecule has 15 nitrogen and oxygen atoms in total. The highest BCUT2D eigenvalue weighted by atomic mass is 32.1. The third-order valence-electron chi connectivity index (χ3n) is 3.33. The summed E-state index contributed by atoms with van der Waals surface area (Å²) >= 11 is 9.89. The Kier molecular flexibility index (Phi) is 7.89. The summed E-state index contributed by atoms with van der Waals surface area (Å²) in [4.78, 5) is 40.6. The first-order valence-corrected chi connectivity index (χ1v) is 12.6. The van der Waals surface area contributed by atoms with E-state index in [1.165, 1.54) is 6.20 Å². The second-order valence-corrected chi connectivity index (χ2v) is 10.7. The fraction of sp³-hybridized carbons (Fsp3) is 0.556. The molecular formula is C9H15N2O13P3S2. The Balaban J connectivity index is 2.06. The van der Waals surface area contributed by atoms with Crippen LogP contribution in [0.25, 0.3) is 0 Å². The van der Waals surface area contributed by atoms with Gasteiger partial charge >= 0.3 is 23.5 Å². The van der Waals surface area contributed by atoms with Crippen molar-refractivity contribution in [3.63, 3.8) is 0 Å². The second-order valence-electron chi connectivity index (χ2n) is 5.49. The molecule has 20 heteroatoms. The number of rotatable bonds is 8. The minimum atomic E-state index is -5.68. The highest BCUT2D eigenvalue weighted by Gasteiger charge is 2.46. The lowest BCUT2D eigenvalue weighted by Crippen LogP contribution is -2.33. The number of nitrogens with one attached hydrogen (secondary N) is 2. The van der Waals surface area contributed by atoms with Gasteiger partial charge in [0.2, 0.25) is 0 Å². The normalized spacial score (nSPS) is 29.3. The largest absolute Gasteiger partial charge is 0.490 e. The van der Waals surface area contributed by atoms with Crippen molar-refractivity contribution in [2.75, 3.05) is 6.61 Å². The van der Waals surface area contributed by atoms with Gasteiger partial charge < -0.3 is 44.5 Å². The lowest BCUT2D eigenvalue weighted by molar-refractivity contribution is -0.0225. The van der Waals surface area contributed by atoms with Gasteiger partial charge in [0.05, 0.1) is 6.61 Å². The van der Waals surface area contributed by atoms with Gasteiger partial charge in [-0.15, -0.1) is 0 Å². The number of aliphatic hydroxyl groups is 2. The van der Waals surface area contributed by atoms with Crippen LogP contribution in [0.3, 0.4) is 0 Å². The van der Waals surface area contributed by atoms with Crippen molar-refractivity contribution < 1.29 is 61.4 Å². The molecule has 0 aliphatic carbocycles. The van der Waals surface area contributed by atoms with E-state index in [4.69, 9.17) is 43.9 Å². The van der Waals surface area contributed by atoms with E-state index in [0.717, 1.165) is 0 Å². The topological polar surface area (TPSA) is 241 Å². The third-order valence-corrected chi connectivity index (χ3v) is 7.70. The minimum Gasteiger partial charge on any atom is -0.387 e. The summed E-state index contributed by atoms with van der Waals surface area (Å²) < 4.78 is 50.7. The predicted molar refractivity (Wildman–Crippen MR) is 96.3 cm³/mol. The summed E-state index contributed by atoms with van der Waals surface area (Å²) in [6, 6.07) is 0. The van der Waals surface area contributed by atoms with Crippen molar-refractivity contribution in [3.05, 3.63) is 21.2 Å². The van der Waals surface area contributed by atoms with Crippen LogP contribution in [0.5, 0.6) is 0 Å². The molecule has 0 radical (unpaired) electrons. The van der Waals surface area contributed by atoms with Crippen LogP contribution in [0.1, 0.15) is 11.7 Å². The van der Waals surface area contributed by atoms with E-state index < -0.39 is 54.5 Å². The number of phosphoric acid groups is 3. The summed E-state index contributed by atoms with van der Waals surface area (Å²) in [6.45, 7) is -0.933. The molecule has 0 saturated carbocycles. The predicted octanol–water partition coefficient (Wildman–Crippen LogP) is 0.307. The van der Waals surface area contributed by atoms with Gasteiger partial charge in [-0.1, -0.05) is 12.2 Å². The first kappa shape index (κ1) is 25.1. The van der Waals surface area contributed by atoms with E-state index in [1.807, 2.05) is 0 Å². The molecule has 0 aromatic carbocycles. The maximum atomic E-state index is 11.7. The van der Waals surface area contributed by atoms with Crippen LogP contribution < -0.4 is 0 Å². The number of aromatic nitrogens is 2. The van der Waals surface area contributed by atoms with Gasteiger partial charge in [-0.3, -0.25) is 4.52 Å². The Morgan fingerprint density at radius 2 is 1.66 bits per heavy atom. The molecule has 4 unspecified atom stereocenters. The Morgan fingerprint density at radius 3 is 2.21 bits per heavy atom. The maximum absolute atomic E-state index is 11.7. The maximum Gasteiger partial charge on any atom is 0.490 e. The Bertz CT molecular complexity index is 1010. The summed E-state index contributed by atoms with van der Waals surface area (Å²) in [5, 5.41) is 20.2. The Hall–Kier alpha value is -0.190. The van der Waals surface area contributed by atoms with Gasteiger partial charge in [-0.05, 0) is 12.2 Å². The fourth-order valence-corrected chi connectivity index (χ4v) is 5.78. The molecular weight excluding hydrogens is 501 g/mol. The Labute approximate surface area is 171 Å². The van der Waals surface area contributed by atoms with Gasteiger partial charge in [0, 0.05) is 11.8 Å². The van der Waals surface area contributed by atoms with E-state index in [2.05, 4.69) is 23.1 Å². The second kappa shape index (κ2) is 9.12. The standard InChI is InChI=1S/C9H15N2O13P3S2/c12-5-4(2-21-26(17,18)24-27(19,20)23-25(14,15)16)22-7(6(5)13)3-1-10-9(29)11-8(3)28/h1,4-7,12-13H,2H2,(H,17,18)(H,19,20)(H2,14,15,16)(H2,10,11,28,29)/t4-,5?,6?,7+/m1/s1. The molecule has 1 aromatic heterocycles. The van der Waals surface area contributed by atoms with Gasteiger partial charge in [0.15, 0.2) is 4.77 Å². The number of hydrogen-bond acceptors (Lipinski definition) is 11. The zero-order chi connectivity index (χ0) is 22.2. The van der Waals surface area contributed by atoms with Crippen LogP contribution in [-0.2, 0) is 31.6 Å². The molecule has 0 amide bonds. The Morgan fingerprint density at radius 1 is 1.03 bits per heavy atom. The quantitative estimate of drug-likeness (QED) is 0.171. The van der Waals surface area contributed by atoms with E-state index in [-0.39, 0.29) is 15.0 Å². The highest BCUT2D eigenvalue weighted by Crippen LogP contribution is 2.66. The van der Waals surface area contributed by atoms with Crippen molar-refractivity contribution in [1.29, 1.82) is 0 Å². The van der Waals surface area contributed by atoms with Gasteiger partial charge in [-0.25, -0.2) is 13.7 Å². The molecule has 1 saturated heterocycles. The van der Waals surface area contributed by atoms with Crippen LogP contribution in [0.4, 0.5) is 0 Å². The number of aliphatic hydroxyl groups excluding tert-OH is 2. The first-order chi connectivity index (χ1) is 13.1. The zero-order valence-corrected chi connectivity index (χ0v) is 18.1. The number of H-pyrrole nitrogens is 2. The van der Waals surface area contributed by atoms with Crippen LogP contribution in [0.15, 0.2) is 6.20 Å². The van der Waals surface area contributed by atoms with Crippen LogP contribution >= 0.6 is 47.9 Å². The number of aromatic amines is 2. The monoisotopic (exact) mass is 516 g/mol. The molecule has 1 aliphatic heterocycles. The lowest BCUT2D eigenvalue weighted by Gasteiger charge is -2.19. The van der Waals surface area contributed by atoms with E-state index in [0.29, 0.717) is 0 Å². The van der Waals surface area contributed by atoms with Crippen LogP contribution in [0.2, 0.25) is 0 Å². The molecule has 29 heavy (non-hydrogen) atoms. The van der Waals surface area contributed by atoms with Crippen LogP contribution in [-0.4, -0.2) is 64.7 Å². The number of phosphoric ester groups is 1. The molecule has 1 aliphatic rings. The zero-order valence-electron chi connectivity index (χ0n) is 13.8. The van der Waals surface area contributed by atoms with Crippen LogP contribution in [0, 0.1) is 9.41 Å². The molecule has 0 bridgehead atoms. The van der Waals surface area contributed by atoms with Crippen molar-refractivity contribution >= 4 is 47.9 Å². The van der Waals surface area contributed by atoms with Crippen molar-refractivity contribution in [3.8, 4) is 0 Å². The highest BCUT2D eigenvalue weighted by molar-refractivity contribution is 7.72. The van der Waals surface area contributed by atoms with Gasteiger partial charge in [0.1, 0.15) is 29.1 Å². The van der Waals surface area contributed by atoms with Crippen molar-refractivity contribution in [1.82, 2.24) is 9.97 Å². The molecule has 1 fully saturated rings. The van der Waals surface area contributed by atoms with Crippen molar-refractivity contribution in [2.45, 2.75) is 24.4 Å². The molecule has 0 spiro atoms. The van der Waals surface area contributed by atoms with E-state index >= 15 is 0 Å². The van der Waals surface area contributed by atoms with Gasteiger partial charge in [-0.2, -0.15) is 8.62 Å². The average molecular weight is 516 g/mol. The smallest absolute Gasteiger partial charge is 0.387 e. The molecule has 166 valence electrons. The lowest BCUT2D eigenvalue weighted by atomic mass is 10.0. The summed E-state index contributed by atoms with van der Waals surface area (Å²) in [6.07, 6.45) is -4.45. The molecule has 1 aromatic rings. The molecule has 6 atom stereocenters. The number of ether oxygens (including phenoxy) is 1. The van der Waals surface area contributed by atoms with E-state index in [9.17, 15) is 28.8 Å². The fourth-order valence-electron chi connectivity index (χ4n) is 2.25. The number of hydrogen-bond donors (Lipinski definition) is 8. The summed E-state index contributed by atoms with van der Waals surface area (Å²) in [5.74, 6) is 0. The SMILES string of the molecule is O=P(O)(O)OP(=O)(O)OP(=O)(O)OC[C@H]1O[C@@H](c2c[nH]c(=S)[nH]c2=S)C(O)C1O. The first-order valence-electron chi connectivity index (χ1n) is 7.22. The average Bonchev–Trinajstić information content (AvgIpc) is 2.78.